The quantitative estimate of drug-likeness (QED) is 0.759. The largest absolute Gasteiger partial charge is 0.241 e. The molecule has 3 aromatic rings. The Hall–Kier alpha value is -1.84. The summed E-state index contributed by atoms with van der Waals surface area (Å²) in [4.78, 5) is 0.999. The van der Waals surface area contributed by atoms with Gasteiger partial charge in [0.1, 0.15) is 5.01 Å². The van der Waals surface area contributed by atoms with Gasteiger partial charge in [-0.3, -0.25) is 0 Å². The van der Waals surface area contributed by atoms with Crippen molar-refractivity contribution in [1.82, 2.24) is 24.5 Å². The highest BCUT2D eigenvalue weighted by Crippen LogP contribution is 2.39. The van der Waals surface area contributed by atoms with Crippen molar-refractivity contribution in [2.24, 2.45) is 0 Å². The Morgan fingerprint density at radius 3 is 2.83 bits per heavy atom. The molecule has 0 amide bonds. The fraction of sp³-hybridized carbons (Fsp3) is 0.357. The van der Waals surface area contributed by atoms with Crippen molar-refractivity contribution < 1.29 is 8.42 Å². The second-order valence-electron chi connectivity index (χ2n) is 5.61. The first-order valence-electron chi connectivity index (χ1n) is 7.31. The van der Waals surface area contributed by atoms with E-state index in [2.05, 4.69) is 20.0 Å². The summed E-state index contributed by atoms with van der Waals surface area (Å²) in [6.45, 7) is 1.93. The van der Waals surface area contributed by atoms with Gasteiger partial charge in [-0.1, -0.05) is 29.5 Å². The van der Waals surface area contributed by atoms with Crippen molar-refractivity contribution in [1.29, 1.82) is 0 Å². The molecule has 0 atom stereocenters. The third kappa shape index (κ3) is 2.75. The van der Waals surface area contributed by atoms with E-state index in [1.54, 1.807) is 29.6 Å². The van der Waals surface area contributed by atoms with Gasteiger partial charge in [0.05, 0.1) is 11.4 Å². The smallest absolute Gasteiger partial charge is 0.207 e. The Morgan fingerprint density at radius 2 is 2.09 bits per heavy atom. The van der Waals surface area contributed by atoms with Crippen LogP contribution in [0.2, 0.25) is 0 Å². The van der Waals surface area contributed by atoms with Gasteiger partial charge >= 0.3 is 0 Å². The van der Waals surface area contributed by atoms with E-state index in [4.69, 9.17) is 0 Å². The average molecular weight is 349 g/mol. The van der Waals surface area contributed by atoms with E-state index in [0.29, 0.717) is 26.3 Å². The van der Waals surface area contributed by atoms with Gasteiger partial charge in [-0.15, -0.1) is 10.2 Å². The molecule has 0 radical (unpaired) electrons. The highest BCUT2D eigenvalue weighted by Gasteiger charge is 2.30. The van der Waals surface area contributed by atoms with E-state index in [1.165, 1.54) is 11.3 Å². The Balaban J connectivity index is 1.55. The second-order valence-corrected chi connectivity index (χ2v) is 8.39. The van der Waals surface area contributed by atoms with Gasteiger partial charge in [0, 0.05) is 5.92 Å². The molecule has 1 saturated carbocycles. The first-order valence-corrected chi connectivity index (χ1v) is 9.61. The fourth-order valence-electron chi connectivity index (χ4n) is 2.43. The minimum atomic E-state index is -3.55. The minimum absolute atomic E-state index is 0.148. The van der Waals surface area contributed by atoms with E-state index in [9.17, 15) is 8.42 Å². The number of sulfonamides is 1. The number of nitrogens with zero attached hydrogens (tertiary/aromatic N) is 4. The molecule has 2 heterocycles. The van der Waals surface area contributed by atoms with Crippen LogP contribution in [0.1, 0.15) is 35.2 Å². The minimum Gasteiger partial charge on any atom is -0.207 e. The Kier molecular flexibility index (Phi) is 3.43. The molecule has 2 aromatic heterocycles. The summed E-state index contributed by atoms with van der Waals surface area (Å²) < 4.78 is 29.1. The standard InChI is InChI=1S/C14H15N5O2S2/c1-9-4-2-3-5-11(9)23(20,21)15-8-12-18-19-13(10-6-7-10)16-17-14(19)22-12/h2-5,10,15H,6-8H2,1H3. The van der Waals surface area contributed by atoms with E-state index in [-0.39, 0.29) is 6.54 Å². The molecular formula is C14H15N5O2S2. The van der Waals surface area contributed by atoms with Gasteiger partial charge in [-0.25, -0.2) is 13.1 Å². The molecule has 4 rings (SSSR count). The van der Waals surface area contributed by atoms with Gasteiger partial charge in [0.2, 0.25) is 15.0 Å². The molecule has 0 bridgehead atoms. The number of hydrogen-bond acceptors (Lipinski definition) is 6. The third-order valence-corrected chi connectivity index (χ3v) is 6.26. The zero-order valence-corrected chi connectivity index (χ0v) is 14.1. The zero-order valence-electron chi connectivity index (χ0n) is 12.4. The Bertz CT molecular complexity index is 972. The van der Waals surface area contributed by atoms with Crippen LogP contribution in [-0.2, 0) is 16.6 Å². The fourth-order valence-corrected chi connectivity index (χ4v) is 4.53. The van der Waals surface area contributed by atoms with Crippen molar-refractivity contribution in [2.45, 2.75) is 37.1 Å². The van der Waals surface area contributed by atoms with Gasteiger partial charge in [-0.05, 0) is 31.4 Å². The van der Waals surface area contributed by atoms with Crippen molar-refractivity contribution in [3.05, 3.63) is 40.7 Å². The molecule has 1 fully saturated rings. The SMILES string of the molecule is Cc1ccccc1S(=O)(=O)NCc1nn2c(C3CC3)nnc2s1. The molecule has 0 spiro atoms. The van der Waals surface area contributed by atoms with Crippen LogP contribution in [0.4, 0.5) is 0 Å². The molecule has 120 valence electrons. The lowest BCUT2D eigenvalue weighted by Crippen LogP contribution is -2.24. The number of rotatable bonds is 5. The first kappa shape index (κ1) is 14.7. The molecule has 1 aliphatic rings. The van der Waals surface area contributed by atoms with Gasteiger partial charge in [0.15, 0.2) is 5.82 Å². The van der Waals surface area contributed by atoms with Crippen LogP contribution in [-0.4, -0.2) is 28.2 Å². The number of aryl methyl sites for hydroxylation is 1. The maximum absolute atomic E-state index is 12.4. The third-order valence-electron chi connectivity index (χ3n) is 3.80. The Morgan fingerprint density at radius 1 is 1.30 bits per heavy atom. The predicted molar refractivity (Wildman–Crippen MR) is 85.8 cm³/mol. The van der Waals surface area contributed by atoms with E-state index in [0.717, 1.165) is 18.7 Å². The van der Waals surface area contributed by atoms with Gasteiger partial charge in [0.25, 0.3) is 0 Å². The maximum Gasteiger partial charge on any atom is 0.241 e. The predicted octanol–water partition coefficient (Wildman–Crippen LogP) is 1.85. The molecule has 0 unspecified atom stereocenters. The zero-order chi connectivity index (χ0) is 16.0. The highest BCUT2D eigenvalue weighted by atomic mass is 32.2. The molecule has 1 N–H and O–H groups in total. The first-order chi connectivity index (χ1) is 11.0. The lowest BCUT2D eigenvalue weighted by molar-refractivity contribution is 0.580. The summed E-state index contributed by atoms with van der Waals surface area (Å²) >= 11 is 1.35. The number of hydrogen-bond donors (Lipinski definition) is 1. The molecule has 1 aliphatic carbocycles. The number of benzene rings is 1. The van der Waals surface area contributed by atoms with Gasteiger partial charge in [-0.2, -0.15) is 9.61 Å². The maximum atomic E-state index is 12.4. The number of aromatic nitrogens is 4. The second kappa shape index (κ2) is 5.36. The van der Waals surface area contributed by atoms with Crippen molar-refractivity contribution in [3.8, 4) is 0 Å². The normalized spacial score (nSPS) is 15.3. The highest BCUT2D eigenvalue weighted by molar-refractivity contribution is 7.89. The lowest BCUT2D eigenvalue weighted by atomic mass is 10.2. The summed E-state index contributed by atoms with van der Waals surface area (Å²) in [6, 6.07) is 6.91. The molecule has 0 aliphatic heterocycles. The molecular weight excluding hydrogens is 334 g/mol. The van der Waals surface area contributed by atoms with Crippen LogP contribution in [0.3, 0.4) is 0 Å². The summed E-state index contributed by atoms with van der Waals surface area (Å²) in [6.07, 6.45) is 2.24. The topological polar surface area (TPSA) is 89.2 Å². The average Bonchev–Trinajstić information content (AvgIpc) is 3.15. The molecule has 23 heavy (non-hydrogen) atoms. The van der Waals surface area contributed by atoms with Crippen LogP contribution in [0.5, 0.6) is 0 Å². The van der Waals surface area contributed by atoms with Crippen molar-refractivity contribution >= 4 is 26.3 Å². The molecule has 1 aromatic carbocycles. The number of nitrogens with one attached hydrogen (secondary N) is 1. The summed E-state index contributed by atoms with van der Waals surface area (Å²) in [7, 11) is -3.55. The van der Waals surface area contributed by atoms with Crippen LogP contribution in [0.15, 0.2) is 29.2 Å². The van der Waals surface area contributed by atoms with Crippen LogP contribution < -0.4 is 4.72 Å². The van der Waals surface area contributed by atoms with Crippen molar-refractivity contribution in [3.63, 3.8) is 0 Å². The van der Waals surface area contributed by atoms with Gasteiger partial charge < -0.3 is 0 Å². The van der Waals surface area contributed by atoms with E-state index in [1.807, 2.05) is 6.07 Å². The Labute approximate surface area is 137 Å². The monoisotopic (exact) mass is 349 g/mol. The summed E-state index contributed by atoms with van der Waals surface area (Å²) in [5.41, 5.74) is 0.717. The molecule has 9 heteroatoms. The van der Waals surface area contributed by atoms with Crippen LogP contribution in [0.25, 0.3) is 4.96 Å². The van der Waals surface area contributed by atoms with E-state index < -0.39 is 10.0 Å². The summed E-state index contributed by atoms with van der Waals surface area (Å²) in [5, 5.41) is 13.4. The lowest BCUT2D eigenvalue weighted by Gasteiger charge is -2.07. The van der Waals surface area contributed by atoms with Crippen LogP contribution >= 0.6 is 11.3 Å². The molecule has 7 nitrogen and oxygen atoms in total. The molecule has 0 saturated heterocycles. The van der Waals surface area contributed by atoms with Crippen LogP contribution in [0, 0.1) is 6.92 Å². The van der Waals surface area contributed by atoms with Crippen molar-refractivity contribution in [2.75, 3.05) is 0 Å². The number of fused-ring (bicyclic) bond motifs is 1. The van der Waals surface area contributed by atoms with E-state index >= 15 is 0 Å². The summed E-state index contributed by atoms with van der Waals surface area (Å²) in [5.74, 6) is 1.33.